The van der Waals surface area contributed by atoms with Crippen LogP contribution in [0.25, 0.3) is 0 Å². The van der Waals surface area contributed by atoms with Crippen molar-refractivity contribution >= 4 is 34.8 Å². The number of thiophene rings is 1. The van der Waals surface area contributed by atoms with Crippen molar-refractivity contribution in [1.29, 1.82) is 0 Å². The van der Waals surface area contributed by atoms with Crippen molar-refractivity contribution in [1.82, 2.24) is 10.2 Å². The first-order valence-electron chi connectivity index (χ1n) is 5.97. The number of amides is 1. The molecule has 0 atom stereocenters. The monoisotopic (exact) mass is 295 g/mol. The third kappa shape index (κ3) is 4.11. The minimum atomic E-state index is -0.0367. The highest BCUT2D eigenvalue weighted by Crippen LogP contribution is 2.24. The normalized spacial score (nSPS) is 11.5. The minimum absolute atomic E-state index is 0.00168. The molecule has 2 aromatic rings. The van der Waals surface area contributed by atoms with Crippen molar-refractivity contribution in [2.75, 3.05) is 11.1 Å². The Labute approximate surface area is 121 Å². The predicted octanol–water partition coefficient (Wildman–Crippen LogP) is 3.50. The second-order valence-electron chi connectivity index (χ2n) is 5.19. The number of H-pyrrole nitrogens is 1. The Hall–Kier alpha value is -1.27. The largest absolute Gasteiger partial charge is 0.308 e. The molecule has 0 bridgehead atoms. The number of nitrogens with one attached hydrogen (secondary N) is 2. The number of hydrogen-bond donors (Lipinski definition) is 2. The molecule has 0 aliphatic heterocycles. The van der Waals surface area contributed by atoms with Crippen LogP contribution in [0.3, 0.4) is 0 Å². The summed E-state index contributed by atoms with van der Waals surface area (Å²) in [5.74, 6) is 0.949. The average Bonchev–Trinajstić information content (AvgIpc) is 2.95. The predicted molar refractivity (Wildman–Crippen MR) is 81.0 cm³/mol. The van der Waals surface area contributed by atoms with Crippen molar-refractivity contribution in [3.8, 4) is 0 Å². The Morgan fingerprint density at radius 1 is 1.53 bits per heavy atom. The van der Waals surface area contributed by atoms with Crippen molar-refractivity contribution in [3.63, 3.8) is 0 Å². The summed E-state index contributed by atoms with van der Waals surface area (Å²) in [6, 6.07) is 5.87. The van der Waals surface area contributed by atoms with Crippen molar-refractivity contribution in [3.05, 3.63) is 29.3 Å². The third-order valence-electron chi connectivity index (χ3n) is 2.49. The lowest BCUT2D eigenvalue weighted by molar-refractivity contribution is -0.113. The molecule has 0 aliphatic carbocycles. The molecule has 2 rings (SSSR count). The highest BCUT2D eigenvalue weighted by Gasteiger charge is 2.17. The van der Waals surface area contributed by atoms with Gasteiger partial charge in [-0.15, -0.1) is 23.1 Å². The lowest BCUT2D eigenvalue weighted by Gasteiger charge is -2.14. The van der Waals surface area contributed by atoms with Gasteiger partial charge < -0.3 is 5.32 Å². The maximum Gasteiger partial charge on any atom is 0.235 e. The van der Waals surface area contributed by atoms with E-state index in [4.69, 9.17) is 0 Å². The van der Waals surface area contributed by atoms with Crippen LogP contribution in [0.5, 0.6) is 0 Å². The summed E-state index contributed by atoms with van der Waals surface area (Å²) in [6.45, 7) is 6.29. The topological polar surface area (TPSA) is 57.8 Å². The molecular weight excluding hydrogens is 278 g/mol. The van der Waals surface area contributed by atoms with Gasteiger partial charge in [-0.1, -0.05) is 26.8 Å². The van der Waals surface area contributed by atoms with Gasteiger partial charge in [0, 0.05) is 17.2 Å². The molecule has 0 aliphatic rings. The molecule has 2 N–H and O–H groups in total. The molecule has 2 aromatic heterocycles. The van der Waals surface area contributed by atoms with Gasteiger partial charge in [0.2, 0.25) is 5.91 Å². The van der Waals surface area contributed by atoms with E-state index in [1.54, 1.807) is 11.3 Å². The molecule has 4 nitrogen and oxygen atoms in total. The van der Waals surface area contributed by atoms with Gasteiger partial charge in [-0.2, -0.15) is 5.10 Å². The number of carbonyl (C=O) groups is 1. The van der Waals surface area contributed by atoms with E-state index in [2.05, 4.69) is 36.3 Å². The van der Waals surface area contributed by atoms with Crippen LogP contribution in [0.1, 0.15) is 26.5 Å². The molecule has 0 saturated heterocycles. The van der Waals surface area contributed by atoms with Gasteiger partial charge in [0.05, 0.1) is 9.96 Å². The van der Waals surface area contributed by atoms with Crippen LogP contribution in [0.2, 0.25) is 0 Å². The van der Waals surface area contributed by atoms with Crippen LogP contribution >= 0.6 is 23.1 Å². The van der Waals surface area contributed by atoms with E-state index in [0.29, 0.717) is 11.6 Å². The van der Waals surface area contributed by atoms with Crippen LogP contribution in [0.4, 0.5) is 5.82 Å². The molecule has 0 aromatic carbocycles. The maximum absolute atomic E-state index is 11.8. The Kier molecular flexibility index (Phi) is 4.31. The third-order valence-corrected chi connectivity index (χ3v) is 4.62. The van der Waals surface area contributed by atoms with Crippen LogP contribution in [-0.4, -0.2) is 21.9 Å². The first kappa shape index (κ1) is 14.1. The molecule has 2 heterocycles. The summed E-state index contributed by atoms with van der Waals surface area (Å²) < 4.78 is 1.15. The van der Waals surface area contributed by atoms with E-state index in [-0.39, 0.29) is 11.3 Å². The molecule has 1 amide bonds. The van der Waals surface area contributed by atoms with E-state index in [0.717, 1.165) is 9.90 Å². The lowest BCUT2D eigenvalue weighted by atomic mass is 9.92. The van der Waals surface area contributed by atoms with Crippen LogP contribution in [0.15, 0.2) is 27.8 Å². The zero-order valence-corrected chi connectivity index (χ0v) is 12.8. The smallest absolute Gasteiger partial charge is 0.235 e. The molecule has 0 saturated carbocycles. The fraction of sp³-hybridized carbons (Fsp3) is 0.385. The molecule has 6 heteroatoms. The number of carbonyl (C=O) groups excluding carboxylic acids is 1. The number of rotatable bonds is 4. The second kappa shape index (κ2) is 5.79. The average molecular weight is 295 g/mol. The molecule has 0 radical (unpaired) electrons. The lowest BCUT2D eigenvalue weighted by Crippen LogP contribution is -2.14. The highest BCUT2D eigenvalue weighted by atomic mass is 32.2. The van der Waals surface area contributed by atoms with E-state index in [9.17, 15) is 4.79 Å². The second-order valence-corrected chi connectivity index (χ2v) is 7.41. The molecular formula is C13H17N3OS2. The Balaban J connectivity index is 1.87. The first-order valence-corrected chi connectivity index (χ1v) is 7.84. The van der Waals surface area contributed by atoms with Crippen LogP contribution in [0, 0.1) is 0 Å². The fourth-order valence-corrected chi connectivity index (χ4v) is 3.02. The first-order chi connectivity index (χ1) is 8.95. The summed E-state index contributed by atoms with van der Waals surface area (Å²) in [6.07, 6.45) is 0. The van der Waals surface area contributed by atoms with Gasteiger partial charge in [0.25, 0.3) is 0 Å². The van der Waals surface area contributed by atoms with Crippen LogP contribution in [-0.2, 0) is 10.2 Å². The molecule has 0 fully saturated rings. The number of aromatic nitrogens is 2. The van der Waals surface area contributed by atoms with Crippen LogP contribution < -0.4 is 5.32 Å². The Morgan fingerprint density at radius 3 is 2.89 bits per heavy atom. The summed E-state index contributed by atoms with van der Waals surface area (Å²) in [7, 11) is 0. The van der Waals surface area contributed by atoms with Gasteiger partial charge in [-0.05, 0) is 11.4 Å². The number of thioether (sulfide) groups is 1. The SMILES string of the molecule is CC(C)(C)c1cc(NC(=O)CSc2cccs2)n[nH]1. The van der Waals surface area contributed by atoms with Gasteiger partial charge in [0.15, 0.2) is 5.82 Å². The molecule has 19 heavy (non-hydrogen) atoms. The van der Waals surface area contributed by atoms with Gasteiger partial charge >= 0.3 is 0 Å². The van der Waals surface area contributed by atoms with E-state index in [1.165, 1.54) is 11.8 Å². The molecule has 102 valence electrons. The van der Waals surface area contributed by atoms with Crippen molar-refractivity contribution in [2.45, 2.75) is 30.4 Å². The number of nitrogens with zero attached hydrogens (tertiary/aromatic N) is 1. The highest BCUT2D eigenvalue weighted by molar-refractivity contribution is 8.01. The maximum atomic E-state index is 11.8. The van der Waals surface area contributed by atoms with E-state index in [1.807, 2.05) is 23.6 Å². The van der Waals surface area contributed by atoms with E-state index < -0.39 is 0 Å². The van der Waals surface area contributed by atoms with Gasteiger partial charge in [0.1, 0.15) is 0 Å². The summed E-state index contributed by atoms with van der Waals surface area (Å²) >= 11 is 3.18. The quantitative estimate of drug-likeness (QED) is 0.849. The fourth-order valence-electron chi connectivity index (χ4n) is 1.43. The minimum Gasteiger partial charge on any atom is -0.308 e. The summed E-state index contributed by atoms with van der Waals surface area (Å²) in [5.41, 5.74) is 1.01. The van der Waals surface area contributed by atoms with Crippen molar-refractivity contribution in [2.24, 2.45) is 0 Å². The summed E-state index contributed by atoms with van der Waals surface area (Å²) in [5, 5.41) is 11.9. The Bertz CT molecular complexity index is 540. The molecule has 0 spiro atoms. The standard InChI is InChI=1S/C13H17N3OS2/c1-13(2,3)9-7-10(16-15-9)14-11(17)8-19-12-5-4-6-18-12/h4-7H,8H2,1-3H3,(H2,14,15,16,17). The number of hydrogen-bond acceptors (Lipinski definition) is 4. The number of anilines is 1. The number of aromatic amines is 1. The Morgan fingerprint density at radius 2 is 2.32 bits per heavy atom. The zero-order chi connectivity index (χ0) is 13.9. The van der Waals surface area contributed by atoms with Crippen molar-refractivity contribution < 1.29 is 4.79 Å². The molecule has 0 unspecified atom stereocenters. The van der Waals surface area contributed by atoms with Gasteiger partial charge in [-0.3, -0.25) is 9.89 Å². The van der Waals surface area contributed by atoms with E-state index >= 15 is 0 Å². The van der Waals surface area contributed by atoms with Gasteiger partial charge in [-0.25, -0.2) is 0 Å². The zero-order valence-electron chi connectivity index (χ0n) is 11.2. The summed E-state index contributed by atoms with van der Waals surface area (Å²) in [4.78, 5) is 11.8.